The fourth-order valence-corrected chi connectivity index (χ4v) is 3.18. The Morgan fingerprint density at radius 3 is 2.38 bits per heavy atom. The number of rotatable bonds is 4. The molecule has 0 amide bonds. The normalized spacial score (nSPS) is 21.3. The molecule has 1 saturated carbocycles. The Morgan fingerprint density at radius 1 is 1.15 bits per heavy atom. The highest BCUT2D eigenvalue weighted by Gasteiger charge is 2.51. The minimum atomic E-state index is -0.595. The van der Waals surface area contributed by atoms with Crippen LogP contribution in [-0.2, 0) is 15.9 Å². The second kappa shape index (κ2) is 5.82. The molecule has 1 aromatic heterocycles. The number of hydrogen-bond donors (Lipinski definition) is 0. The van der Waals surface area contributed by atoms with Crippen molar-refractivity contribution in [2.75, 3.05) is 0 Å². The maximum Gasteiger partial charge on any atom is 0.494 e. The van der Waals surface area contributed by atoms with Gasteiger partial charge in [-0.2, -0.15) is 0 Å². The molecule has 1 saturated heterocycles. The molecule has 1 aromatic carbocycles. The van der Waals surface area contributed by atoms with Gasteiger partial charge in [-0.3, -0.25) is 9.13 Å². The fourth-order valence-electron chi connectivity index (χ4n) is 3.18. The van der Waals surface area contributed by atoms with E-state index in [1.165, 1.54) is 6.07 Å². The summed E-state index contributed by atoms with van der Waals surface area (Å²) < 4.78 is 29.9. The van der Waals surface area contributed by atoms with Crippen molar-refractivity contribution in [2.24, 2.45) is 0 Å². The van der Waals surface area contributed by atoms with Crippen molar-refractivity contribution in [1.82, 2.24) is 9.13 Å². The number of imidazole rings is 1. The molecule has 0 radical (unpaired) electrons. The Kier molecular flexibility index (Phi) is 3.93. The standard InChI is InChI=1S/C19H24BFN2O3/c1-18(2)19(3,4)26-20(25-18)14-6-5-13(16(21)11-14)12-22-9-10-23(17(22)24)15-7-8-15/h5-6,9-11,15H,7-8,12H2,1-4H3. The minimum absolute atomic E-state index is 0.0815. The van der Waals surface area contributed by atoms with Gasteiger partial charge in [0, 0.05) is 24.0 Å². The Morgan fingerprint density at radius 2 is 1.81 bits per heavy atom. The van der Waals surface area contributed by atoms with Crippen LogP contribution in [0.15, 0.2) is 35.4 Å². The van der Waals surface area contributed by atoms with Crippen LogP contribution in [-0.4, -0.2) is 27.5 Å². The third kappa shape index (κ3) is 2.93. The van der Waals surface area contributed by atoms with Gasteiger partial charge in [-0.05, 0) is 52.1 Å². The molecule has 2 aliphatic rings. The second-order valence-electron chi connectivity index (χ2n) is 8.29. The first-order valence-electron chi connectivity index (χ1n) is 9.09. The van der Waals surface area contributed by atoms with Crippen LogP contribution in [0.2, 0.25) is 0 Å². The summed E-state index contributed by atoms with van der Waals surface area (Å²) in [6, 6.07) is 5.28. The van der Waals surface area contributed by atoms with Gasteiger partial charge in [0.1, 0.15) is 5.82 Å². The molecule has 2 aromatic rings. The fraction of sp³-hybridized carbons (Fsp3) is 0.526. The summed E-state index contributed by atoms with van der Waals surface area (Å²) >= 11 is 0. The predicted octanol–water partition coefficient (Wildman–Crippen LogP) is 2.47. The number of halogens is 1. The van der Waals surface area contributed by atoms with Crippen LogP contribution < -0.4 is 11.2 Å². The van der Waals surface area contributed by atoms with Crippen LogP contribution in [0.25, 0.3) is 0 Å². The average molecular weight is 358 g/mol. The topological polar surface area (TPSA) is 45.4 Å². The van der Waals surface area contributed by atoms with E-state index >= 15 is 0 Å². The van der Waals surface area contributed by atoms with E-state index in [2.05, 4.69) is 0 Å². The first-order chi connectivity index (χ1) is 12.2. The lowest BCUT2D eigenvalue weighted by molar-refractivity contribution is 0.00578. The van der Waals surface area contributed by atoms with Crippen molar-refractivity contribution >= 4 is 12.6 Å². The summed E-state index contributed by atoms with van der Waals surface area (Å²) in [6.07, 6.45) is 5.60. The van der Waals surface area contributed by atoms with Crippen LogP contribution in [0.1, 0.15) is 52.1 Å². The van der Waals surface area contributed by atoms with Crippen molar-refractivity contribution in [3.8, 4) is 0 Å². The molecule has 26 heavy (non-hydrogen) atoms. The first-order valence-corrected chi connectivity index (χ1v) is 9.09. The van der Waals surface area contributed by atoms with Gasteiger partial charge in [0.2, 0.25) is 0 Å². The Hall–Kier alpha value is -1.86. The van der Waals surface area contributed by atoms with E-state index in [-0.39, 0.29) is 18.1 Å². The molecule has 1 aliphatic carbocycles. The van der Waals surface area contributed by atoms with Gasteiger partial charge in [-0.15, -0.1) is 0 Å². The number of aromatic nitrogens is 2. The van der Waals surface area contributed by atoms with Crippen LogP contribution in [0.4, 0.5) is 4.39 Å². The molecule has 0 atom stereocenters. The van der Waals surface area contributed by atoms with Gasteiger partial charge in [0.25, 0.3) is 0 Å². The zero-order valence-corrected chi connectivity index (χ0v) is 15.7. The number of hydrogen-bond acceptors (Lipinski definition) is 3. The highest BCUT2D eigenvalue weighted by Crippen LogP contribution is 2.36. The lowest BCUT2D eigenvalue weighted by atomic mass is 9.78. The van der Waals surface area contributed by atoms with Crippen molar-refractivity contribution in [3.63, 3.8) is 0 Å². The lowest BCUT2D eigenvalue weighted by Crippen LogP contribution is -2.41. The smallest absolute Gasteiger partial charge is 0.399 e. The van der Waals surface area contributed by atoms with E-state index in [1.807, 2.05) is 33.8 Å². The Balaban J connectivity index is 1.54. The summed E-state index contributed by atoms with van der Waals surface area (Å²) in [4.78, 5) is 12.3. The average Bonchev–Trinajstić information content (AvgIpc) is 3.28. The Labute approximate surface area is 152 Å². The highest BCUT2D eigenvalue weighted by molar-refractivity contribution is 6.62. The van der Waals surface area contributed by atoms with E-state index in [0.717, 1.165) is 12.8 Å². The maximum absolute atomic E-state index is 14.7. The van der Waals surface area contributed by atoms with Crippen LogP contribution in [0.5, 0.6) is 0 Å². The third-order valence-electron chi connectivity index (χ3n) is 5.76. The molecule has 2 heterocycles. The molecule has 0 bridgehead atoms. The highest BCUT2D eigenvalue weighted by atomic mass is 19.1. The zero-order chi connectivity index (χ0) is 18.7. The summed E-state index contributed by atoms with van der Waals surface area (Å²) in [5, 5.41) is 0. The largest absolute Gasteiger partial charge is 0.494 e. The van der Waals surface area contributed by atoms with E-state index in [0.29, 0.717) is 17.1 Å². The Bertz CT molecular complexity index is 882. The van der Waals surface area contributed by atoms with Gasteiger partial charge in [0.15, 0.2) is 0 Å². The molecule has 0 spiro atoms. The predicted molar refractivity (Wildman–Crippen MR) is 98.2 cm³/mol. The van der Waals surface area contributed by atoms with E-state index in [4.69, 9.17) is 9.31 Å². The van der Waals surface area contributed by atoms with Crippen LogP contribution in [0, 0.1) is 5.82 Å². The van der Waals surface area contributed by atoms with Crippen molar-refractivity contribution in [3.05, 3.63) is 52.5 Å². The van der Waals surface area contributed by atoms with Gasteiger partial charge in [0.05, 0.1) is 17.7 Å². The molecule has 0 N–H and O–H groups in total. The number of nitrogens with zero attached hydrogens (tertiary/aromatic N) is 2. The monoisotopic (exact) mass is 358 g/mol. The third-order valence-corrected chi connectivity index (χ3v) is 5.76. The summed E-state index contributed by atoms with van der Waals surface area (Å²) in [5.74, 6) is -0.358. The summed E-state index contributed by atoms with van der Waals surface area (Å²) in [5.41, 5.74) is 0.105. The SMILES string of the molecule is CC1(C)OB(c2ccc(Cn3ccn(C4CC4)c3=O)c(F)c2)OC1(C)C. The zero-order valence-electron chi connectivity index (χ0n) is 15.7. The molecule has 7 heteroatoms. The van der Waals surface area contributed by atoms with Gasteiger partial charge in [-0.1, -0.05) is 12.1 Å². The molecule has 0 unspecified atom stereocenters. The van der Waals surface area contributed by atoms with Crippen molar-refractivity contribution < 1.29 is 13.7 Å². The van der Waals surface area contributed by atoms with Gasteiger partial charge >= 0.3 is 12.8 Å². The molecule has 4 rings (SSSR count). The van der Waals surface area contributed by atoms with Crippen molar-refractivity contribution in [2.45, 2.75) is 64.3 Å². The van der Waals surface area contributed by atoms with E-state index in [1.54, 1.807) is 27.6 Å². The lowest BCUT2D eigenvalue weighted by Gasteiger charge is -2.32. The van der Waals surface area contributed by atoms with E-state index in [9.17, 15) is 9.18 Å². The number of benzene rings is 1. The summed E-state index contributed by atoms with van der Waals surface area (Å²) in [6.45, 7) is 8.08. The minimum Gasteiger partial charge on any atom is -0.399 e. The van der Waals surface area contributed by atoms with Crippen LogP contribution >= 0.6 is 0 Å². The molecular formula is C19H24BFN2O3. The molecule has 2 fully saturated rings. The molecular weight excluding hydrogens is 334 g/mol. The second-order valence-corrected chi connectivity index (χ2v) is 8.29. The molecule has 5 nitrogen and oxygen atoms in total. The molecule has 138 valence electrons. The van der Waals surface area contributed by atoms with Gasteiger partial charge in [-0.25, -0.2) is 9.18 Å². The quantitative estimate of drug-likeness (QED) is 0.789. The van der Waals surface area contributed by atoms with E-state index < -0.39 is 18.3 Å². The van der Waals surface area contributed by atoms with Crippen molar-refractivity contribution in [1.29, 1.82) is 0 Å². The van der Waals surface area contributed by atoms with Crippen LogP contribution in [0.3, 0.4) is 0 Å². The maximum atomic E-state index is 14.7. The van der Waals surface area contributed by atoms with Gasteiger partial charge < -0.3 is 9.31 Å². The summed E-state index contributed by atoms with van der Waals surface area (Å²) in [7, 11) is -0.595. The molecule has 1 aliphatic heterocycles. The first kappa shape index (κ1) is 17.6.